The molecule has 6 heteroatoms. The third-order valence-electron chi connectivity index (χ3n) is 5.33. The van der Waals surface area contributed by atoms with E-state index < -0.39 is 35.8 Å². The maximum absolute atomic E-state index is 14.9. The number of carboxylic acid groups (broad SMARTS) is 1. The Morgan fingerprint density at radius 1 is 1.22 bits per heavy atom. The molecular formula is C17H26FNO4. The number of fused-ring (bicyclic) bond motifs is 3. The normalized spacial score (nSPS) is 36.9. The van der Waals surface area contributed by atoms with Crippen LogP contribution in [0.4, 0.5) is 9.18 Å². The molecule has 4 rings (SSSR count). The highest BCUT2D eigenvalue weighted by molar-refractivity contribution is 5.81. The first-order valence-electron chi connectivity index (χ1n) is 8.57. The monoisotopic (exact) mass is 327 g/mol. The summed E-state index contributed by atoms with van der Waals surface area (Å²) in [5.41, 5.74) is -0.696. The third-order valence-corrected chi connectivity index (χ3v) is 5.33. The smallest absolute Gasteiger partial charge is 0.411 e. The zero-order valence-electron chi connectivity index (χ0n) is 14.0. The van der Waals surface area contributed by atoms with E-state index in [2.05, 4.69) is 0 Å². The molecule has 2 bridgehead atoms. The number of amides is 1. The summed E-state index contributed by atoms with van der Waals surface area (Å²) in [6.07, 6.45) is 2.45. The van der Waals surface area contributed by atoms with Crippen molar-refractivity contribution >= 4 is 12.1 Å². The Kier molecular flexibility index (Phi) is 4.05. The quantitative estimate of drug-likeness (QED) is 0.864. The van der Waals surface area contributed by atoms with Crippen LogP contribution in [0.2, 0.25) is 0 Å². The summed E-state index contributed by atoms with van der Waals surface area (Å²) >= 11 is 0. The second-order valence-corrected chi connectivity index (χ2v) is 8.27. The number of alkyl halides is 1. The van der Waals surface area contributed by atoms with E-state index in [4.69, 9.17) is 4.74 Å². The maximum atomic E-state index is 14.9. The van der Waals surface area contributed by atoms with E-state index in [-0.39, 0.29) is 12.0 Å². The zero-order valence-corrected chi connectivity index (χ0v) is 14.0. The topological polar surface area (TPSA) is 66.8 Å². The molecule has 0 aromatic carbocycles. The molecule has 1 N–H and O–H groups in total. The lowest BCUT2D eigenvalue weighted by Gasteiger charge is -2.54. The number of rotatable bonds is 3. The molecule has 2 saturated carbocycles. The standard InChI is InChI=1S/C17H26FNO4/c1-17(2,3)23-16(22)19-12-7-6-10(14(19)15(20)21)13(18)11(12)8-9-4-5-9/h9-14H,4-8H2,1-3H3,(H,20,21)/t10-,11-,12+,13+,14+/m1/s1. The fourth-order valence-corrected chi connectivity index (χ4v) is 4.25. The minimum atomic E-state index is -1.13. The van der Waals surface area contributed by atoms with Crippen molar-refractivity contribution in [2.75, 3.05) is 0 Å². The van der Waals surface area contributed by atoms with Crippen molar-refractivity contribution in [3.63, 3.8) is 0 Å². The third kappa shape index (κ3) is 3.17. The minimum Gasteiger partial charge on any atom is -0.480 e. The molecule has 23 heavy (non-hydrogen) atoms. The van der Waals surface area contributed by atoms with Gasteiger partial charge < -0.3 is 9.84 Å². The van der Waals surface area contributed by atoms with Crippen LogP contribution in [0.25, 0.3) is 0 Å². The molecule has 4 aliphatic rings. The predicted octanol–water partition coefficient (Wildman–Crippen LogP) is 3.22. The molecule has 2 saturated heterocycles. The van der Waals surface area contributed by atoms with Crippen LogP contribution >= 0.6 is 0 Å². The number of ether oxygens (including phenoxy) is 1. The average molecular weight is 327 g/mol. The van der Waals surface area contributed by atoms with Crippen LogP contribution in [0.1, 0.15) is 52.9 Å². The van der Waals surface area contributed by atoms with Crippen molar-refractivity contribution in [3.8, 4) is 0 Å². The van der Waals surface area contributed by atoms with E-state index in [1.54, 1.807) is 20.8 Å². The highest BCUT2D eigenvalue weighted by atomic mass is 19.1. The first kappa shape index (κ1) is 16.5. The van der Waals surface area contributed by atoms with Crippen LogP contribution in [0, 0.1) is 17.8 Å². The fourth-order valence-electron chi connectivity index (χ4n) is 4.25. The minimum absolute atomic E-state index is 0.246. The molecule has 5 atom stereocenters. The zero-order chi connectivity index (χ0) is 16.9. The number of carbonyl (C=O) groups is 2. The average Bonchev–Trinajstić information content (AvgIpc) is 3.23. The number of carbonyl (C=O) groups excluding carboxylic acids is 1. The maximum Gasteiger partial charge on any atom is 0.411 e. The van der Waals surface area contributed by atoms with Gasteiger partial charge in [-0.1, -0.05) is 12.8 Å². The first-order valence-corrected chi connectivity index (χ1v) is 8.57. The molecule has 0 radical (unpaired) electrons. The molecular weight excluding hydrogens is 301 g/mol. The van der Waals surface area contributed by atoms with Crippen molar-refractivity contribution in [3.05, 3.63) is 0 Å². The van der Waals surface area contributed by atoms with Crippen molar-refractivity contribution in [2.24, 2.45) is 17.8 Å². The molecule has 0 aromatic heterocycles. The van der Waals surface area contributed by atoms with Crippen molar-refractivity contribution < 1.29 is 23.8 Å². The van der Waals surface area contributed by atoms with Gasteiger partial charge in [0.15, 0.2) is 0 Å². The second kappa shape index (κ2) is 5.64. The van der Waals surface area contributed by atoms with E-state index in [0.717, 1.165) is 19.3 Å². The Morgan fingerprint density at radius 2 is 1.87 bits per heavy atom. The van der Waals surface area contributed by atoms with Gasteiger partial charge in [0.05, 0.1) is 0 Å². The molecule has 0 aromatic rings. The Labute approximate surface area is 136 Å². The highest BCUT2D eigenvalue weighted by Gasteiger charge is 2.58. The molecule has 130 valence electrons. The number of aliphatic carboxylic acids is 1. The van der Waals surface area contributed by atoms with Crippen LogP contribution in [0.3, 0.4) is 0 Å². The SMILES string of the molecule is CC(C)(C)OC(=O)N1[C@H](C(=O)O)[C@@H]2CC[C@H]1[C@@H](CC1CC1)[C@H]2F. The lowest BCUT2D eigenvalue weighted by molar-refractivity contribution is -0.163. The number of piperidine rings is 2. The summed E-state index contributed by atoms with van der Waals surface area (Å²) in [6, 6.07) is -1.46. The van der Waals surface area contributed by atoms with Gasteiger partial charge in [-0.05, 0) is 46.0 Å². The molecule has 2 aliphatic heterocycles. The van der Waals surface area contributed by atoms with Gasteiger partial charge in [-0.2, -0.15) is 0 Å². The fraction of sp³-hybridized carbons (Fsp3) is 0.882. The number of hydrogen-bond acceptors (Lipinski definition) is 3. The first-order chi connectivity index (χ1) is 10.7. The van der Waals surface area contributed by atoms with Crippen molar-refractivity contribution in [2.45, 2.75) is 76.7 Å². The summed E-state index contributed by atoms with van der Waals surface area (Å²) < 4.78 is 20.3. The second-order valence-electron chi connectivity index (χ2n) is 8.27. The van der Waals surface area contributed by atoms with Gasteiger partial charge in [0.1, 0.15) is 17.8 Å². The van der Waals surface area contributed by atoms with Gasteiger partial charge in [0, 0.05) is 17.9 Å². The van der Waals surface area contributed by atoms with E-state index in [0.29, 0.717) is 18.8 Å². The van der Waals surface area contributed by atoms with E-state index in [1.165, 1.54) is 4.90 Å². The van der Waals surface area contributed by atoms with Crippen LogP contribution < -0.4 is 0 Å². The van der Waals surface area contributed by atoms with Gasteiger partial charge in [-0.3, -0.25) is 4.90 Å². The Hall–Kier alpha value is -1.33. The van der Waals surface area contributed by atoms with Crippen LogP contribution in [0.5, 0.6) is 0 Å². The van der Waals surface area contributed by atoms with Gasteiger partial charge in [-0.25, -0.2) is 14.0 Å². The van der Waals surface area contributed by atoms with Gasteiger partial charge >= 0.3 is 12.1 Å². The molecule has 5 nitrogen and oxygen atoms in total. The van der Waals surface area contributed by atoms with Crippen molar-refractivity contribution in [1.29, 1.82) is 0 Å². The summed E-state index contributed by atoms with van der Waals surface area (Å²) in [7, 11) is 0. The Balaban J connectivity index is 1.86. The van der Waals surface area contributed by atoms with Crippen LogP contribution in [-0.2, 0) is 9.53 Å². The van der Waals surface area contributed by atoms with E-state index in [1.807, 2.05) is 0 Å². The lowest BCUT2D eigenvalue weighted by Crippen LogP contribution is -2.68. The van der Waals surface area contributed by atoms with Crippen molar-refractivity contribution in [1.82, 2.24) is 4.90 Å². The van der Waals surface area contributed by atoms with Gasteiger partial charge in [0.25, 0.3) is 0 Å². The Bertz CT molecular complexity index is 499. The number of carboxylic acids is 1. The molecule has 0 spiro atoms. The van der Waals surface area contributed by atoms with Crippen LogP contribution in [0.15, 0.2) is 0 Å². The van der Waals surface area contributed by atoms with Gasteiger partial charge in [-0.15, -0.1) is 0 Å². The van der Waals surface area contributed by atoms with E-state index >= 15 is 0 Å². The lowest BCUT2D eigenvalue weighted by atomic mass is 9.66. The molecule has 2 heterocycles. The largest absolute Gasteiger partial charge is 0.480 e. The summed E-state index contributed by atoms with van der Waals surface area (Å²) in [4.78, 5) is 25.6. The van der Waals surface area contributed by atoms with E-state index in [9.17, 15) is 19.1 Å². The number of halogens is 1. The summed E-state index contributed by atoms with van der Waals surface area (Å²) in [5, 5.41) is 9.56. The number of nitrogens with zero attached hydrogens (tertiary/aromatic N) is 1. The number of hydrogen-bond donors (Lipinski definition) is 1. The van der Waals surface area contributed by atoms with Gasteiger partial charge in [0.2, 0.25) is 0 Å². The Morgan fingerprint density at radius 3 is 2.39 bits per heavy atom. The molecule has 4 fully saturated rings. The summed E-state index contributed by atoms with van der Waals surface area (Å²) in [6.45, 7) is 5.26. The predicted molar refractivity (Wildman–Crippen MR) is 81.7 cm³/mol. The highest BCUT2D eigenvalue weighted by Crippen LogP contribution is 2.50. The molecule has 1 amide bonds. The molecule has 0 unspecified atom stereocenters. The summed E-state index contributed by atoms with van der Waals surface area (Å²) in [5.74, 6) is -1.45. The molecule has 2 aliphatic carbocycles. The van der Waals surface area contributed by atoms with Crippen LogP contribution in [-0.4, -0.2) is 45.9 Å².